The van der Waals surface area contributed by atoms with Gasteiger partial charge in [0.05, 0.1) is 23.2 Å². The van der Waals surface area contributed by atoms with Gasteiger partial charge in [-0.3, -0.25) is 4.79 Å². The molecule has 0 saturated carbocycles. The number of hydrogen-bond donors (Lipinski definition) is 0. The molecule has 6 nitrogen and oxygen atoms in total. The summed E-state index contributed by atoms with van der Waals surface area (Å²) in [5.74, 6) is -2.12. The van der Waals surface area contributed by atoms with Crippen LogP contribution in [0, 0.1) is 11.6 Å². The van der Waals surface area contributed by atoms with Crippen molar-refractivity contribution in [2.45, 2.75) is 11.3 Å². The third-order valence-electron chi connectivity index (χ3n) is 4.63. The molecule has 4 rings (SSSR count). The van der Waals surface area contributed by atoms with Gasteiger partial charge in [-0.2, -0.15) is 4.99 Å². The number of amides is 1. The van der Waals surface area contributed by atoms with E-state index in [0.717, 1.165) is 17.8 Å². The summed E-state index contributed by atoms with van der Waals surface area (Å²) in [6, 6.07) is 8.82. The molecule has 2 fully saturated rings. The van der Waals surface area contributed by atoms with Gasteiger partial charge in [0.25, 0.3) is 5.91 Å². The van der Waals surface area contributed by atoms with E-state index in [1.807, 2.05) is 0 Å². The van der Waals surface area contributed by atoms with Crippen molar-refractivity contribution in [3.05, 3.63) is 59.1 Å². The zero-order valence-electron chi connectivity index (χ0n) is 15.3. The molecule has 2 heterocycles. The Labute approximate surface area is 180 Å². The number of amidine groups is 1. The molecule has 11 heteroatoms. The highest BCUT2D eigenvalue weighted by atomic mass is 35.5. The van der Waals surface area contributed by atoms with E-state index in [9.17, 15) is 22.0 Å². The van der Waals surface area contributed by atoms with Crippen molar-refractivity contribution in [3.8, 4) is 5.75 Å². The highest BCUT2D eigenvalue weighted by Gasteiger charge is 2.50. The van der Waals surface area contributed by atoms with Crippen LogP contribution in [0.1, 0.15) is 0 Å². The molecule has 2 aromatic carbocycles. The lowest BCUT2D eigenvalue weighted by atomic mass is 10.2. The number of aliphatic imine (C=N–C) groups is 1. The third kappa shape index (κ3) is 4.45. The summed E-state index contributed by atoms with van der Waals surface area (Å²) in [4.78, 5) is 17.7. The topological polar surface area (TPSA) is 76.0 Å². The Bertz CT molecular complexity index is 1130. The molecule has 0 unspecified atom stereocenters. The molecule has 30 heavy (non-hydrogen) atoms. The average Bonchev–Trinajstić information content (AvgIpc) is 3.13. The van der Waals surface area contributed by atoms with Crippen LogP contribution in [0.25, 0.3) is 0 Å². The molecule has 0 aliphatic carbocycles. The van der Waals surface area contributed by atoms with Gasteiger partial charge in [0, 0.05) is 16.3 Å². The Balaban J connectivity index is 1.58. The van der Waals surface area contributed by atoms with E-state index >= 15 is 0 Å². The Morgan fingerprint density at radius 2 is 1.93 bits per heavy atom. The minimum absolute atomic E-state index is 0.0290. The van der Waals surface area contributed by atoms with Crippen LogP contribution < -0.4 is 9.64 Å². The predicted octanol–water partition coefficient (Wildman–Crippen LogP) is 3.30. The number of fused-ring (bicyclic) bond motifs is 1. The van der Waals surface area contributed by atoms with Gasteiger partial charge in [0.1, 0.15) is 17.4 Å². The highest BCUT2D eigenvalue weighted by Crippen LogP contribution is 2.41. The van der Waals surface area contributed by atoms with Crippen molar-refractivity contribution >= 4 is 50.0 Å². The first-order chi connectivity index (χ1) is 14.2. The van der Waals surface area contributed by atoms with Crippen molar-refractivity contribution in [3.63, 3.8) is 0 Å². The van der Waals surface area contributed by atoms with Crippen LogP contribution in [0.5, 0.6) is 5.75 Å². The van der Waals surface area contributed by atoms with E-state index in [2.05, 4.69) is 4.99 Å². The van der Waals surface area contributed by atoms with E-state index in [0.29, 0.717) is 16.8 Å². The lowest BCUT2D eigenvalue weighted by Gasteiger charge is -2.24. The van der Waals surface area contributed by atoms with E-state index in [1.54, 1.807) is 24.3 Å². The van der Waals surface area contributed by atoms with Crippen molar-refractivity contribution < 1.29 is 26.7 Å². The molecular weight excluding hydrogens is 458 g/mol. The first-order valence-electron chi connectivity index (χ1n) is 8.83. The number of nitrogens with zero attached hydrogens (tertiary/aromatic N) is 2. The van der Waals surface area contributed by atoms with Gasteiger partial charge in [-0.15, -0.1) is 0 Å². The number of sulfone groups is 1. The summed E-state index contributed by atoms with van der Waals surface area (Å²) in [6.45, 7) is -0.362. The first kappa shape index (κ1) is 21.1. The zero-order valence-corrected chi connectivity index (χ0v) is 17.7. The van der Waals surface area contributed by atoms with Crippen molar-refractivity contribution in [2.24, 2.45) is 4.99 Å². The molecule has 0 aromatic heterocycles. The third-order valence-corrected chi connectivity index (χ3v) is 8.09. The van der Waals surface area contributed by atoms with Crippen molar-refractivity contribution in [2.75, 3.05) is 23.0 Å². The van der Waals surface area contributed by atoms with Gasteiger partial charge < -0.3 is 9.64 Å². The minimum Gasteiger partial charge on any atom is -0.484 e. The number of rotatable bonds is 4. The molecule has 0 N–H and O–H groups in total. The quantitative estimate of drug-likeness (QED) is 0.679. The normalized spacial score (nSPS) is 23.6. The van der Waals surface area contributed by atoms with Gasteiger partial charge in [0.15, 0.2) is 21.6 Å². The number of carbonyl (C=O) groups excluding carboxylic acids is 1. The number of carbonyl (C=O) groups is 1. The minimum atomic E-state index is -3.30. The standard InChI is InChI=1S/C19H15ClF2N2O4S2/c20-11-1-4-13(5-2-11)28-8-18(25)23-19-24(15-6-3-12(21)7-14(15)22)16-9-30(26,27)10-17(16)29-19/h1-7,16-17H,8-10H2/t16-,17-/m1/s1. The van der Waals surface area contributed by atoms with Crippen LogP contribution in [0.3, 0.4) is 0 Å². The molecule has 0 radical (unpaired) electrons. The SMILES string of the molecule is O=C(COc1ccc(Cl)cc1)N=C1S[C@@H]2CS(=O)(=O)C[C@H]2N1c1ccc(F)cc1F. The molecule has 2 saturated heterocycles. The fourth-order valence-electron chi connectivity index (χ4n) is 3.34. The van der Waals surface area contributed by atoms with Crippen molar-refractivity contribution in [1.82, 2.24) is 0 Å². The molecule has 158 valence electrons. The van der Waals surface area contributed by atoms with Crippen molar-refractivity contribution in [1.29, 1.82) is 0 Å². The second-order valence-corrected chi connectivity index (χ2v) is 10.6. The monoisotopic (exact) mass is 472 g/mol. The lowest BCUT2D eigenvalue weighted by Crippen LogP contribution is -2.38. The lowest BCUT2D eigenvalue weighted by molar-refractivity contribution is -0.119. The van der Waals surface area contributed by atoms with Crippen LogP contribution >= 0.6 is 23.4 Å². The smallest absolute Gasteiger partial charge is 0.285 e. The van der Waals surface area contributed by atoms with E-state index < -0.39 is 38.7 Å². The van der Waals surface area contributed by atoms with Gasteiger partial charge in [-0.25, -0.2) is 17.2 Å². The number of halogens is 3. The van der Waals surface area contributed by atoms with Gasteiger partial charge >= 0.3 is 0 Å². The predicted molar refractivity (Wildman–Crippen MR) is 112 cm³/mol. The van der Waals surface area contributed by atoms with Crippen LogP contribution in [-0.4, -0.2) is 48.9 Å². The summed E-state index contributed by atoms with van der Waals surface area (Å²) in [6.07, 6.45) is 0. The summed E-state index contributed by atoms with van der Waals surface area (Å²) >= 11 is 6.90. The summed E-state index contributed by atoms with van der Waals surface area (Å²) in [7, 11) is -3.30. The number of ether oxygens (including phenoxy) is 1. The van der Waals surface area contributed by atoms with E-state index in [4.69, 9.17) is 16.3 Å². The van der Waals surface area contributed by atoms with Crippen LogP contribution in [-0.2, 0) is 14.6 Å². The molecule has 2 aromatic rings. The molecule has 0 spiro atoms. The molecular formula is C19H15ClF2N2O4S2. The van der Waals surface area contributed by atoms with E-state index in [-0.39, 0.29) is 29.0 Å². The Kier molecular flexibility index (Phi) is 5.73. The molecule has 1 amide bonds. The fraction of sp³-hybridized carbons (Fsp3) is 0.263. The average molecular weight is 473 g/mol. The maximum Gasteiger partial charge on any atom is 0.285 e. The number of benzene rings is 2. The summed E-state index contributed by atoms with van der Waals surface area (Å²) in [5.41, 5.74) is -0.0290. The van der Waals surface area contributed by atoms with Crippen LogP contribution in [0.2, 0.25) is 5.02 Å². The fourth-order valence-corrected chi connectivity index (χ4v) is 7.39. The van der Waals surface area contributed by atoms with Gasteiger partial charge in [0.2, 0.25) is 0 Å². The maximum atomic E-state index is 14.4. The Morgan fingerprint density at radius 1 is 1.20 bits per heavy atom. The van der Waals surface area contributed by atoms with E-state index in [1.165, 1.54) is 11.0 Å². The highest BCUT2D eigenvalue weighted by molar-refractivity contribution is 8.16. The van der Waals surface area contributed by atoms with Gasteiger partial charge in [-0.05, 0) is 36.4 Å². The number of hydrogen-bond acceptors (Lipinski definition) is 5. The molecule has 2 atom stereocenters. The summed E-state index contributed by atoms with van der Waals surface area (Å²) in [5, 5.41) is 0.285. The number of thioether (sulfide) groups is 1. The Morgan fingerprint density at radius 3 is 2.63 bits per heavy atom. The Hall–Kier alpha value is -2.17. The van der Waals surface area contributed by atoms with Crippen LogP contribution in [0.15, 0.2) is 47.5 Å². The first-order valence-corrected chi connectivity index (χ1v) is 11.9. The molecule has 0 bridgehead atoms. The van der Waals surface area contributed by atoms with Gasteiger partial charge in [-0.1, -0.05) is 23.4 Å². The summed E-state index contributed by atoms with van der Waals surface area (Å²) < 4.78 is 57.3. The largest absolute Gasteiger partial charge is 0.484 e. The molecule has 2 aliphatic rings. The van der Waals surface area contributed by atoms with Crippen LogP contribution in [0.4, 0.5) is 14.5 Å². The second-order valence-electron chi connectivity index (χ2n) is 6.80. The second kappa shape index (κ2) is 8.16. The zero-order chi connectivity index (χ0) is 21.5. The molecule has 2 aliphatic heterocycles. The number of anilines is 1. The maximum absolute atomic E-state index is 14.4.